The summed E-state index contributed by atoms with van der Waals surface area (Å²) in [6.45, 7) is 0.624. The summed E-state index contributed by atoms with van der Waals surface area (Å²) in [5.41, 5.74) is 10.9. The molecule has 0 aliphatic rings. The molecule has 0 aliphatic heterocycles. The van der Waals surface area contributed by atoms with E-state index >= 15 is 0 Å². The molecule has 0 aliphatic carbocycles. The number of nitrogens with zero attached hydrogens (tertiary/aromatic N) is 2. The SMILES string of the molecule is NCCc1cn[nH]c1-c1ccc2nc[nH]c2c1. The van der Waals surface area contributed by atoms with E-state index in [0.717, 1.165) is 34.3 Å². The number of fused-ring (bicyclic) bond motifs is 1. The highest BCUT2D eigenvalue weighted by Crippen LogP contribution is 2.24. The summed E-state index contributed by atoms with van der Waals surface area (Å²) in [7, 11) is 0. The van der Waals surface area contributed by atoms with Gasteiger partial charge in [-0.15, -0.1) is 0 Å². The molecule has 0 radical (unpaired) electrons. The number of H-pyrrole nitrogens is 2. The van der Waals surface area contributed by atoms with Crippen LogP contribution in [0.1, 0.15) is 5.56 Å². The number of nitrogens with two attached hydrogens (primary N) is 1. The van der Waals surface area contributed by atoms with E-state index in [1.165, 1.54) is 0 Å². The average Bonchev–Trinajstić information content (AvgIpc) is 2.96. The zero-order valence-electron chi connectivity index (χ0n) is 9.27. The van der Waals surface area contributed by atoms with Crippen LogP contribution in [0, 0.1) is 0 Å². The zero-order chi connectivity index (χ0) is 11.7. The highest BCUT2D eigenvalue weighted by atomic mass is 15.1. The topological polar surface area (TPSA) is 83.4 Å². The molecule has 0 fully saturated rings. The summed E-state index contributed by atoms with van der Waals surface area (Å²) in [6.07, 6.45) is 4.36. The van der Waals surface area contributed by atoms with Crippen LogP contribution in [0.3, 0.4) is 0 Å². The Kier molecular flexibility index (Phi) is 2.38. The van der Waals surface area contributed by atoms with Crippen LogP contribution in [-0.2, 0) is 6.42 Å². The van der Waals surface area contributed by atoms with Gasteiger partial charge in [-0.2, -0.15) is 5.10 Å². The summed E-state index contributed by atoms with van der Waals surface area (Å²) in [5, 5.41) is 7.10. The second kappa shape index (κ2) is 4.03. The molecule has 5 nitrogen and oxygen atoms in total. The van der Waals surface area contributed by atoms with E-state index in [-0.39, 0.29) is 0 Å². The van der Waals surface area contributed by atoms with E-state index in [1.54, 1.807) is 6.33 Å². The van der Waals surface area contributed by atoms with Gasteiger partial charge in [0.15, 0.2) is 0 Å². The Morgan fingerprint density at radius 2 is 2.24 bits per heavy atom. The maximum atomic E-state index is 5.58. The van der Waals surface area contributed by atoms with Gasteiger partial charge in [0.25, 0.3) is 0 Å². The molecule has 0 atom stereocenters. The number of aromatic amines is 2. The van der Waals surface area contributed by atoms with Crippen LogP contribution in [0.5, 0.6) is 0 Å². The van der Waals surface area contributed by atoms with Gasteiger partial charge >= 0.3 is 0 Å². The van der Waals surface area contributed by atoms with E-state index in [9.17, 15) is 0 Å². The van der Waals surface area contributed by atoms with Crippen LogP contribution in [0.4, 0.5) is 0 Å². The third-order valence-corrected chi connectivity index (χ3v) is 2.84. The maximum absolute atomic E-state index is 5.58. The number of aromatic nitrogens is 4. The van der Waals surface area contributed by atoms with Crippen LogP contribution in [0.2, 0.25) is 0 Å². The minimum atomic E-state index is 0.624. The lowest BCUT2D eigenvalue weighted by atomic mass is 10.1. The summed E-state index contributed by atoms with van der Waals surface area (Å²) in [5.74, 6) is 0. The van der Waals surface area contributed by atoms with Crippen molar-refractivity contribution >= 4 is 11.0 Å². The first-order valence-electron chi connectivity index (χ1n) is 5.54. The third kappa shape index (κ3) is 1.70. The molecule has 0 unspecified atom stereocenters. The predicted molar refractivity (Wildman–Crippen MR) is 66.4 cm³/mol. The van der Waals surface area contributed by atoms with Gasteiger partial charge in [-0.3, -0.25) is 5.10 Å². The lowest BCUT2D eigenvalue weighted by Crippen LogP contribution is -2.02. The minimum absolute atomic E-state index is 0.624. The van der Waals surface area contributed by atoms with Crippen LogP contribution in [0.15, 0.2) is 30.7 Å². The van der Waals surface area contributed by atoms with Gasteiger partial charge in [0.2, 0.25) is 0 Å². The Hall–Kier alpha value is -2.14. The Morgan fingerprint density at radius 3 is 3.12 bits per heavy atom. The molecule has 4 N–H and O–H groups in total. The second-order valence-electron chi connectivity index (χ2n) is 3.94. The third-order valence-electron chi connectivity index (χ3n) is 2.84. The summed E-state index contributed by atoms with van der Waals surface area (Å²) in [6, 6.07) is 6.10. The van der Waals surface area contributed by atoms with Crippen LogP contribution >= 0.6 is 0 Å². The fourth-order valence-corrected chi connectivity index (χ4v) is 2.00. The lowest BCUT2D eigenvalue weighted by molar-refractivity contribution is 0.972. The average molecular weight is 227 g/mol. The smallest absolute Gasteiger partial charge is 0.0931 e. The van der Waals surface area contributed by atoms with Gasteiger partial charge in [0, 0.05) is 5.56 Å². The molecular weight excluding hydrogens is 214 g/mol. The first kappa shape index (κ1) is 10.0. The second-order valence-corrected chi connectivity index (χ2v) is 3.94. The van der Waals surface area contributed by atoms with E-state index in [0.29, 0.717) is 6.54 Å². The van der Waals surface area contributed by atoms with Gasteiger partial charge in [-0.1, -0.05) is 6.07 Å². The number of nitrogens with one attached hydrogen (secondary N) is 2. The molecule has 0 saturated carbocycles. The Balaban J connectivity index is 2.09. The van der Waals surface area contributed by atoms with E-state index in [2.05, 4.69) is 26.2 Å². The van der Waals surface area contributed by atoms with Gasteiger partial charge in [0.1, 0.15) is 0 Å². The van der Waals surface area contributed by atoms with Crippen molar-refractivity contribution in [3.63, 3.8) is 0 Å². The first-order chi connectivity index (χ1) is 8.38. The molecule has 0 saturated heterocycles. The standard InChI is InChI=1S/C12H13N5/c13-4-3-9-6-16-17-12(9)8-1-2-10-11(5-8)15-7-14-10/h1-2,5-7H,3-4,13H2,(H,14,15)(H,16,17). The molecule has 2 aromatic heterocycles. The molecule has 3 aromatic rings. The van der Waals surface area contributed by atoms with Crippen molar-refractivity contribution in [1.82, 2.24) is 20.2 Å². The van der Waals surface area contributed by atoms with Crippen molar-refractivity contribution in [2.24, 2.45) is 5.73 Å². The molecular formula is C12H13N5. The van der Waals surface area contributed by atoms with Gasteiger partial charge in [0.05, 0.1) is 29.3 Å². The largest absolute Gasteiger partial charge is 0.345 e. The number of hydrogen-bond acceptors (Lipinski definition) is 3. The highest BCUT2D eigenvalue weighted by Gasteiger charge is 2.08. The van der Waals surface area contributed by atoms with Crippen molar-refractivity contribution in [3.05, 3.63) is 36.3 Å². The Bertz CT molecular complexity index is 637. The molecule has 1 aromatic carbocycles. The number of imidazole rings is 1. The summed E-state index contributed by atoms with van der Waals surface area (Å²) >= 11 is 0. The molecule has 0 bridgehead atoms. The quantitative estimate of drug-likeness (QED) is 0.633. The predicted octanol–water partition coefficient (Wildman–Crippen LogP) is 1.45. The molecule has 5 heteroatoms. The van der Waals surface area contributed by atoms with Crippen molar-refractivity contribution in [1.29, 1.82) is 0 Å². The minimum Gasteiger partial charge on any atom is -0.345 e. The van der Waals surface area contributed by atoms with E-state index < -0.39 is 0 Å². The molecule has 2 heterocycles. The van der Waals surface area contributed by atoms with E-state index in [1.807, 2.05) is 18.3 Å². The van der Waals surface area contributed by atoms with E-state index in [4.69, 9.17) is 5.73 Å². The van der Waals surface area contributed by atoms with Crippen molar-refractivity contribution in [2.75, 3.05) is 6.54 Å². The van der Waals surface area contributed by atoms with Crippen LogP contribution in [-0.4, -0.2) is 26.7 Å². The Morgan fingerprint density at radius 1 is 1.29 bits per heavy atom. The van der Waals surface area contributed by atoms with Gasteiger partial charge in [-0.25, -0.2) is 4.98 Å². The van der Waals surface area contributed by atoms with Gasteiger partial charge in [-0.05, 0) is 30.7 Å². The number of rotatable bonds is 3. The number of benzene rings is 1. The molecule has 3 rings (SSSR count). The van der Waals surface area contributed by atoms with Crippen molar-refractivity contribution in [3.8, 4) is 11.3 Å². The fraction of sp³-hybridized carbons (Fsp3) is 0.167. The van der Waals surface area contributed by atoms with Crippen molar-refractivity contribution in [2.45, 2.75) is 6.42 Å². The monoisotopic (exact) mass is 227 g/mol. The lowest BCUT2D eigenvalue weighted by Gasteiger charge is -2.02. The summed E-state index contributed by atoms with van der Waals surface area (Å²) in [4.78, 5) is 7.30. The highest BCUT2D eigenvalue weighted by molar-refractivity contribution is 5.81. The van der Waals surface area contributed by atoms with Crippen LogP contribution < -0.4 is 5.73 Å². The molecule has 0 spiro atoms. The van der Waals surface area contributed by atoms with Crippen molar-refractivity contribution < 1.29 is 0 Å². The molecule has 86 valence electrons. The Labute approximate surface area is 98.1 Å². The maximum Gasteiger partial charge on any atom is 0.0931 e. The summed E-state index contributed by atoms with van der Waals surface area (Å²) < 4.78 is 0. The molecule has 17 heavy (non-hydrogen) atoms. The fourth-order valence-electron chi connectivity index (χ4n) is 2.00. The number of hydrogen-bond donors (Lipinski definition) is 3. The zero-order valence-corrected chi connectivity index (χ0v) is 9.27. The van der Waals surface area contributed by atoms with Gasteiger partial charge < -0.3 is 10.7 Å². The normalized spacial score (nSPS) is 11.1. The first-order valence-corrected chi connectivity index (χ1v) is 5.54. The molecule has 0 amide bonds. The van der Waals surface area contributed by atoms with Crippen LogP contribution in [0.25, 0.3) is 22.3 Å².